The number of nitrogens with zero attached hydrogens (tertiary/aromatic N) is 2. The van der Waals surface area contributed by atoms with Crippen molar-refractivity contribution in [1.82, 2.24) is 5.32 Å². The molecular formula is C11H13FN4O. The number of aliphatic imine (C=N–C) groups is 1. The first-order chi connectivity index (χ1) is 8.08. The van der Waals surface area contributed by atoms with Crippen LogP contribution in [-0.2, 0) is 0 Å². The molecule has 0 aromatic heterocycles. The molecule has 6 heteroatoms. The minimum Gasteiger partial charge on any atom is -0.321 e. The highest BCUT2D eigenvalue weighted by Gasteiger charge is 2.11. The number of amidine groups is 1. The normalized spacial score (nSPS) is 11.8. The van der Waals surface area contributed by atoms with Crippen molar-refractivity contribution in [3.8, 4) is 0 Å². The van der Waals surface area contributed by atoms with Crippen LogP contribution in [0, 0.1) is 12.7 Å². The van der Waals surface area contributed by atoms with Crippen molar-refractivity contribution in [2.75, 3.05) is 7.05 Å². The summed E-state index contributed by atoms with van der Waals surface area (Å²) in [5.74, 6) is 4.22. The second-order valence-corrected chi connectivity index (χ2v) is 3.32. The molecule has 0 saturated carbocycles. The minimum atomic E-state index is -0.480. The molecule has 0 fully saturated rings. The zero-order chi connectivity index (χ0) is 12.8. The number of amides is 1. The largest absolute Gasteiger partial charge is 0.321 e. The van der Waals surface area contributed by atoms with E-state index in [9.17, 15) is 9.18 Å². The molecule has 1 amide bonds. The average molecular weight is 236 g/mol. The minimum absolute atomic E-state index is 0.112. The summed E-state index contributed by atoms with van der Waals surface area (Å²) in [6.07, 6.45) is 1.30. The Morgan fingerprint density at radius 3 is 2.82 bits per heavy atom. The summed E-state index contributed by atoms with van der Waals surface area (Å²) in [6, 6.07) is 3.97. The quantitative estimate of drug-likeness (QED) is 0.345. The maximum atomic E-state index is 13.0. The van der Waals surface area contributed by atoms with E-state index < -0.39 is 11.7 Å². The lowest BCUT2D eigenvalue weighted by molar-refractivity contribution is 0.0976. The molecule has 0 aliphatic rings. The molecular weight excluding hydrogens is 223 g/mol. The molecule has 0 radical (unpaired) electrons. The Labute approximate surface area is 98.2 Å². The molecule has 0 bridgehead atoms. The van der Waals surface area contributed by atoms with Gasteiger partial charge in [0.25, 0.3) is 5.91 Å². The monoisotopic (exact) mass is 236 g/mol. The predicted molar refractivity (Wildman–Crippen MR) is 64.6 cm³/mol. The molecule has 90 valence electrons. The average Bonchev–Trinajstić information content (AvgIpc) is 2.31. The molecule has 0 aliphatic heterocycles. The van der Waals surface area contributed by atoms with Crippen LogP contribution in [0.1, 0.15) is 15.9 Å². The van der Waals surface area contributed by atoms with Gasteiger partial charge in [0.05, 0.1) is 6.21 Å². The van der Waals surface area contributed by atoms with Crippen LogP contribution >= 0.6 is 0 Å². The Balaban J connectivity index is 2.93. The van der Waals surface area contributed by atoms with Gasteiger partial charge >= 0.3 is 0 Å². The number of hydrazone groups is 1. The number of nitrogens with two attached hydrogens (primary N) is 1. The molecule has 0 heterocycles. The highest BCUT2D eigenvalue weighted by Crippen LogP contribution is 2.09. The van der Waals surface area contributed by atoms with Crippen molar-refractivity contribution in [2.24, 2.45) is 15.9 Å². The maximum absolute atomic E-state index is 13.0. The van der Waals surface area contributed by atoms with Crippen LogP contribution in [0.2, 0.25) is 0 Å². The number of hydrogen-bond donors (Lipinski definition) is 2. The van der Waals surface area contributed by atoms with Crippen LogP contribution in [-0.4, -0.2) is 25.0 Å². The topological polar surface area (TPSA) is 79.8 Å². The predicted octanol–water partition coefficient (Wildman–Crippen LogP) is 0.837. The van der Waals surface area contributed by atoms with E-state index in [1.54, 1.807) is 6.92 Å². The van der Waals surface area contributed by atoms with Crippen molar-refractivity contribution in [1.29, 1.82) is 0 Å². The smallest absolute Gasteiger partial charge is 0.257 e. The lowest BCUT2D eigenvalue weighted by Crippen LogP contribution is -2.33. The van der Waals surface area contributed by atoms with Crippen LogP contribution in [0.3, 0.4) is 0 Å². The summed E-state index contributed by atoms with van der Waals surface area (Å²) in [4.78, 5) is 15.5. The molecule has 1 rings (SSSR count). The first kappa shape index (κ1) is 12.8. The van der Waals surface area contributed by atoms with Crippen molar-refractivity contribution in [2.45, 2.75) is 6.92 Å². The van der Waals surface area contributed by atoms with E-state index in [0.717, 1.165) is 6.07 Å². The van der Waals surface area contributed by atoms with Gasteiger partial charge in [-0.25, -0.2) is 4.39 Å². The van der Waals surface area contributed by atoms with Gasteiger partial charge < -0.3 is 11.2 Å². The third-order valence-corrected chi connectivity index (χ3v) is 2.08. The van der Waals surface area contributed by atoms with Gasteiger partial charge in [-0.15, -0.1) is 0 Å². The van der Waals surface area contributed by atoms with Gasteiger partial charge in [-0.1, -0.05) is 6.07 Å². The number of hydrogen-bond acceptors (Lipinski definition) is 4. The molecule has 0 atom stereocenters. The molecule has 0 unspecified atom stereocenters. The van der Waals surface area contributed by atoms with Crippen LogP contribution in [0.4, 0.5) is 4.39 Å². The summed E-state index contributed by atoms with van der Waals surface area (Å²) in [5, 5.41) is 5.76. The SMILES string of the molecule is CN=C/C(=N\N)NC(=O)c1cc(F)ccc1C. The lowest BCUT2D eigenvalue weighted by atomic mass is 10.1. The molecule has 0 spiro atoms. The van der Waals surface area contributed by atoms with Gasteiger partial charge in [-0.05, 0) is 24.6 Å². The van der Waals surface area contributed by atoms with Gasteiger partial charge in [0.2, 0.25) is 0 Å². The van der Waals surface area contributed by atoms with Crippen molar-refractivity contribution in [3.05, 3.63) is 35.1 Å². The van der Waals surface area contributed by atoms with Crippen molar-refractivity contribution in [3.63, 3.8) is 0 Å². The molecule has 17 heavy (non-hydrogen) atoms. The van der Waals surface area contributed by atoms with Crippen molar-refractivity contribution >= 4 is 18.0 Å². The van der Waals surface area contributed by atoms with E-state index in [-0.39, 0.29) is 11.4 Å². The number of carbonyl (C=O) groups excluding carboxylic acids is 1. The third kappa shape index (κ3) is 3.37. The fourth-order valence-electron chi connectivity index (χ4n) is 1.24. The molecule has 1 aromatic rings. The van der Waals surface area contributed by atoms with Gasteiger partial charge in [0.15, 0.2) is 5.84 Å². The number of nitrogens with one attached hydrogen (secondary N) is 1. The molecule has 1 aromatic carbocycles. The summed E-state index contributed by atoms with van der Waals surface area (Å²) < 4.78 is 13.0. The molecule has 5 nitrogen and oxygen atoms in total. The first-order valence-corrected chi connectivity index (χ1v) is 4.86. The summed E-state index contributed by atoms with van der Waals surface area (Å²) >= 11 is 0. The van der Waals surface area contributed by atoms with Crippen LogP contribution < -0.4 is 11.2 Å². The van der Waals surface area contributed by atoms with Crippen molar-refractivity contribution < 1.29 is 9.18 Å². The Hall–Kier alpha value is -2.24. The maximum Gasteiger partial charge on any atom is 0.257 e. The molecule has 0 aliphatic carbocycles. The Kier molecular flexibility index (Phi) is 4.33. The third-order valence-electron chi connectivity index (χ3n) is 2.08. The first-order valence-electron chi connectivity index (χ1n) is 4.86. The van der Waals surface area contributed by atoms with E-state index in [1.807, 2.05) is 0 Å². The fraction of sp³-hybridized carbons (Fsp3) is 0.182. The van der Waals surface area contributed by atoms with Crippen LogP contribution in [0.15, 0.2) is 28.3 Å². The zero-order valence-corrected chi connectivity index (χ0v) is 9.57. The van der Waals surface area contributed by atoms with Crippen LogP contribution in [0.25, 0.3) is 0 Å². The van der Waals surface area contributed by atoms with E-state index in [2.05, 4.69) is 15.4 Å². The van der Waals surface area contributed by atoms with E-state index >= 15 is 0 Å². The number of halogens is 1. The van der Waals surface area contributed by atoms with E-state index in [4.69, 9.17) is 5.84 Å². The van der Waals surface area contributed by atoms with E-state index in [1.165, 1.54) is 25.4 Å². The Morgan fingerprint density at radius 1 is 1.53 bits per heavy atom. The number of benzene rings is 1. The number of carbonyl (C=O) groups is 1. The second-order valence-electron chi connectivity index (χ2n) is 3.32. The number of aryl methyl sites for hydroxylation is 1. The van der Waals surface area contributed by atoms with Gasteiger partial charge in [-0.3, -0.25) is 9.79 Å². The highest BCUT2D eigenvalue weighted by molar-refractivity contribution is 6.33. The van der Waals surface area contributed by atoms with Gasteiger partial charge in [-0.2, -0.15) is 5.10 Å². The molecule has 0 saturated heterocycles. The van der Waals surface area contributed by atoms with E-state index in [0.29, 0.717) is 5.56 Å². The lowest BCUT2D eigenvalue weighted by Gasteiger charge is -2.06. The summed E-state index contributed by atoms with van der Waals surface area (Å²) in [5.41, 5.74) is 0.893. The summed E-state index contributed by atoms with van der Waals surface area (Å²) in [7, 11) is 1.52. The zero-order valence-electron chi connectivity index (χ0n) is 9.57. The highest BCUT2D eigenvalue weighted by atomic mass is 19.1. The Bertz CT molecular complexity index is 482. The fourth-order valence-corrected chi connectivity index (χ4v) is 1.24. The van der Waals surface area contributed by atoms with Gasteiger partial charge in [0.1, 0.15) is 5.82 Å². The molecule has 3 N–H and O–H groups in total. The second kappa shape index (κ2) is 5.74. The van der Waals surface area contributed by atoms with Gasteiger partial charge in [0, 0.05) is 12.6 Å². The standard InChI is InChI=1S/C11H13FN4O/c1-7-3-4-8(12)5-9(7)11(17)15-10(16-13)6-14-2/h3-6H,13H2,1-2H3,(H,15,16,17). The number of rotatable bonds is 2. The summed E-state index contributed by atoms with van der Waals surface area (Å²) in [6.45, 7) is 1.71. The Morgan fingerprint density at radius 2 is 2.24 bits per heavy atom. The van der Waals surface area contributed by atoms with Crippen LogP contribution in [0.5, 0.6) is 0 Å².